The van der Waals surface area contributed by atoms with Gasteiger partial charge in [0.05, 0.1) is 12.8 Å². The van der Waals surface area contributed by atoms with Gasteiger partial charge in [-0.2, -0.15) is 9.61 Å². The Morgan fingerprint density at radius 1 is 1.31 bits per heavy atom. The number of hydrogen-bond acceptors (Lipinski definition) is 7. The summed E-state index contributed by atoms with van der Waals surface area (Å²) < 4.78 is 11.5. The van der Waals surface area contributed by atoms with Crippen molar-refractivity contribution in [1.29, 1.82) is 0 Å². The van der Waals surface area contributed by atoms with Gasteiger partial charge in [0.15, 0.2) is 0 Å². The van der Waals surface area contributed by atoms with Gasteiger partial charge in [0.2, 0.25) is 4.96 Å². The van der Waals surface area contributed by atoms with Gasteiger partial charge in [-0.3, -0.25) is 4.79 Å². The van der Waals surface area contributed by atoms with E-state index in [1.807, 2.05) is 19.1 Å². The molecule has 26 heavy (non-hydrogen) atoms. The Bertz CT molecular complexity index is 1010. The molecule has 3 rings (SSSR count). The second-order valence-corrected chi connectivity index (χ2v) is 6.38. The molecule has 0 atom stereocenters. The number of esters is 1. The number of benzene rings is 1. The second-order valence-electron chi connectivity index (χ2n) is 5.34. The zero-order valence-electron chi connectivity index (χ0n) is 14.3. The number of nitrogens with zero attached hydrogens (tertiary/aromatic N) is 3. The molecule has 0 N–H and O–H groups in total. The second kappa shape index (κ2) is 7.92. The molecule has 0 unspecified atom stereocenters. The number of aromatic nitrogens is 3. The first-order valence-electron chi connectivity index (χ1n) is 7.96. The van der Waals surface area contributed by atoms with Crippen LogP contribution in [0.4, 0.5) is 0 Å². The average Bonchev–Trinajstić information content (AvgIpc) is 3.09. The summed E-state index contributed by atoms with van der Waals surface area (Å²) in [6, 6.07) is 8.59. The molecule has 1 aromatic carbocycles. The number of rotatable bonds is 6. The Labute approximate surface area is 153 Å². The monoisotopic (exact) mass is 371 g/mol. The SMILES string of the molecule is CCc1nn2c(=O)cc(COC(=O)/C=C/c3ccc(OC)cc3)nc2s1. The number of carbonyl (C=O) groups excluding carboxylic acids is 1. The Morgan fingerprint density at radius 3 is 2.77 bits per heavy atom. The first kappa shape index (κ1) is 17.8. The molecule has 0 aliphatic carbocycles. The van der Waals surface area contributed by atoms with Crippen LogP contribution in [0.25, 0.3) is 11.0 Å². The number of hydrogen-bond donors (Lipinski definition) is 0. The number of carbonyl (C=O) groups is 1. The molecule has 0 aliphatic heterocycles. The lowest BCUT2D eigenvalue weighted by Gasteiger charge is -2.02. The molecule has 2 aromatic heterocycles. The first-order chi connectivity index (χ1) is 12.6. The molecular weight excluding hydrogens is 354 g/mol. The summed E-state index contributed by atoms with van der Waals surface area (Å²) in [5, 5.41) is 5.00. The highest BCUT2D eigenvalue weighted by Crippen LogP contribution is 2.13. The third kappa shape index (κ3) is 4.15. The highest BCUT2D eigenvalue weighted by molar-refractivity contribution is 7.16. The molecule has 0 aliphatic rings. The lowest BCUT2D eigenvalue weighted by atomic mass is 10.2. The fraction of sp³-hybridized carbons (Fsp3) is 0.222. The van der Waals surface area contributed by atoms with Crippen LogP contribution in [-0.4, -0.2) is 27.7 Å². The van der Waals surface area contributed by atoms with Gasteiger partial charge in [0.1, 0.15) is 17.4 Å². The van der Waals surface area contributed by atoms with Crippen LogP contribution in [0.2, 0.25) is 0 Å². The normalized spacial score (nSPS) is 11.2. The third-order valence-electron chi connectivity index (χ3n) is 3.53. The van der Waals surface area contributed by atoms with Crippen LogP contribution < -0.4 is 10.3 Å². The number of methoxy groups -OCH3 is 1. The summed E-state index contributed by atoms with van der Waals surface area (Å²) in [5.41, 5.74) is 0.954. The van der Waals surface area contributed by atoms with E-state index in [0.717, 1.165) is 22.7 Å². The quantitative estimate of drug-likeness (QED) is 0.489. The van der Waals surface area contributed by atoms with Crippen LogP contribution in [0.1, 0.15) is 23.2 Å². The molecule has 0 radical (unpaired) electrons. The fourth-order valence-corrected chi connectivity index (χ4v) is 3.04. The van der Waals surface area contributed by atoms with Crippen molar-refractivity contribution in [2.24, 2.45) is 0 Å². The molecule has 7 nitrogen and oxygen atoms in total. The van der Waals surface area contributed by atoms with Gasteiger partial charge < -0.3 is 9.47 Å². The van der Waals surface area contributed by atoms with Crippen LogP contribution in [0.3, 0.4) is 0 Å². The molecule has 0 bridgehead atoms. The highest BCUT2D eigenvalue weighted by atomic mass is 32.1. The van der Waals surface area contributed by atoms with Gasteiger partial charge in [0, 0.05) is 12.1 Å². The lowest BCUT2D eigenvalue weighted by Crippen LogP contribution is -2.16. The molecule has 2 heterocycles. The minimum Gasteiger partial charge on any atom is -0.497 e. The van der Waals surface area contributed by atoms with Crippen molar-refractivity contribution in [2.75, 3.05) is 7.11 Å². The zero-order chi connectivity index (χ0) is 18.5. The van der Waals surface area contributed by atoms with E-state index >= 15 is 0 Å². The van der Waals surface area contributed by atoms with E-state index in [1.165, 1.54) is 28.0 Å². The number of fused-ring (bicyclic) bond motifs is 1. The van der Waals surface area contributed by atoms with Crippen molar-refractivity contribution < 1.29 is 14.3 Å². The van der Waals surface area contributed by atoms with E-state index in [0.29, 0.717) is 10.7 Å². The van der Waals surface area contributed by atoms with Gasteiger partial charge in [-0.1, -0.05) is 30.4 Å². The van der Waals surface area contributed by atoms with Crippen LogP contribution in [0, 0.1) is 0 Å². The molecule has 0 spiro atoms. The average molecular weight is 371 g/mol. The van der Waals surface area contributed by atoms with Gasteiger partial charge >= 0.3 is 5.97 Å². The van der Waals surface area contributed by atoms with Crippen LogP contribution >= 0.6 is 11.3 Å². The summed E-state index contributed by atoms with van der Waals surface area (Å²) in [7, 11) is 1.59. The summed E-state index contributed by atoms with van der Waals surface area (Å²) in [6.07, 6.45) is 3.70. The summed E-state index contributed by atoms with van der Waals surface area (Å²) in [6.45, 7) is 1.89. The Morgan fingerprint density at radius 2 is 2.08 bits per heavy atom. The maximum absolute atomic E-state index is 12.0. The molecule has 0 fully saturated rings. The Balaban J connectivity index is 1.64. The molecule has 0 saturated heterocycles. The van der Waals surface area contributed by atoms with Crippen molar-refractivity contribution in [3.8, 4) is 5.75 Å². The number of ether oxygens (including phenoxy) is 2. The van der Waals surface area contributed by atoms with Crippen LogP contribution in [-0.2, 0) is 22.6 Å². The van der Waals surface area contributed by atoms with Crippen molar-refractivity contribution in [3.63, 3.8) is 0 Å². The standard InChI is InChI=1S/C18H17N3O4S/c1-3-15-20-21-16(22)10-13(19-18(21)26-15)11-25-17(23)9-6-12-4-7-14(24-2)8-5-12/h4-10H,3,11H2,1-2H3/b9-6+. The molecule has 134 valence electrons. The molecule has 0 saturated carbocycles. The topological polar surface area (TPSA) is 82.8 Å². The van der Waals surface area contributed by atoms with E-state index in [4.69, 9.17) is 9.47 Å². The van der Waals surface area contributed by atoms with Crippen molar-refractivity contribution in [3.05, 3.63) is 63.0 Å². The highest BCUT2D eigenvalue weighted by Gasteiger charge is 2.09. The van der Waals surface area contributed by atoms with E-state index in [9.17, 15) is 9.59 Å². The third-order valence-corrected chi connectivity index (χ3v) is 4.59. The molecule has 0 amide bonds. The molecule has 3 aromatic rings. The van der Waals surface area contributed by atoms with Crippen LogP contribution in [0.5, 0.6) is 5.75 Å². The summed E-state index contributed by atoms with van der Waals surface area (Å²) >= 11 is 1.35. The van der Waals surface area contributed by atoms with Gasteiger partial charge in [-0.25, -0.2) is 9.78 Å². The van der Waals surface area contributed by atoms with Crippen molar-refractivity contribution in [1.82, 2.24) is 14.6 Å². The zero-order valence-corrected chi connectivity index (χ0v) is 15.2. The van der Waals surface area contributed by atoms with Gasteiger partial charge in [-0.05, 0) is 30.2 Å². The van der Waals surface area contributed by atoms with Crippen molar-refractivity contribution in [2.45, 2.75) is 20.0 Å². The minimum absolute atomic E-state index is 0.0725. The smallest absolute Gasteiger partial charge is 0.331 e. The van der Waals surface area contributed by atoms with Gasteiger partial charge in [0.25, 0.3) is 5.56 Å². The Hall–Kier alpha value is -3.00. The predicted octanol–water partition coefficient (Wildman–Crippen LogP) is 2.48. The minimum atomic E-state index is -0.513. The van der Waals surface area contributed by atoms with E-state index < -0.39 is 5.97 Å². The maximum Gasteiger partial charge on any atom is 0.331 e. The molecular formula is C18H17N3O4S. The first-order valence-corrected chi connectivity index (χ1v) is 8.78. The summed E-state index contributed by atoms with van der Waals surface area (Å²) in [4.78, 5) is 28.7. The van der Waals surface area contributed by atoms with Gasteiger partial charge in [-0.15, -0.1) is 0 Å². The van der Waals surface area contributed by atoms with E-state index in [-0.39, 0.29) is 12.2 Å². The van der Waals surface area contributed by atoms with E-state index in [1.54, 1.807) is 25.3 Å². The fourth-order valence-electron chi connectivity index (χ4n) is 2.19. The predicted molar refractivity (Wildman–Crippen MR) is 98.3 cm³/mol. The Kier molecular flexibility index (Phi) is 5.43. The maximum atomic E-state index is 12.0. The summed E-state index contributed by atoms with van der Waals surface area (Å²) in [5.74, 6) is 0.230. The largest absolute Gasteiger partial charge is 0.497 e. The van der Waals surface area contributed by atoms with Crippen LogP contribution in [0.15, 0.2) is 41.2 Å². The number of aryl methyl sites for hydroxylation is 1. The van der Waals surface area contributed by atoms with Crippen molar-refractivity contribution >= 4 is 28.3 Å². The van der Waals surface area contributed by atoms with E-state index in [2.05, 4.69) is 10.1 Å². The lowest BCUT2D eigenvalue weighted by molar-refractivity contribution is -0.139. The molecule has 8 heteroatoms.